The van der Waals surface area contributed by atoms with E-state index < -0.39 is 9.84 Å². The minimum atomic E-state index is -3.75. The van der Waals surface area contributed by atoms with E-state index in [4.69, 9.17) is 11.6 Å². The summed E-state index contributed by atoms with van der Waals surface area (Å²) in [7, 11) is -3.75. The molecule has 0 unspecified atom stereocenters. The predicted molar refractivity (Wildman–Crippen MR) is 171 cm³/mol. The average Bonchev–Trinajstić information content (AvgIpc) is 3.75. The van der Waals surface area contributed by atoms with Crippen molar-refractivity contribution in [2.24, 2.45) is 5.92 Å². The first-order valence-corrected chi connectivity index (χ1v) is 17.2. The zero-order valence-corrected chi connectivity index (χ0v) is 26.5. The van der Waals surface area contributed by atoms with Crippen molar-refractivity contribution in [3.8, 4) is 0 Å². The van der Waals surface area contributed by atoms with Gasteiger partial charge in [0.05, 0.1) is 21.8 Å². The minimum Gasteiger partial charge on any atom is -0.358 e. The van der Waals surface area contributed by atoms with Crippen LogP contribution in [-0.4, -0.2) is 42.7 Å². The Hall–Kier alpha value is -3.36. The Morgan fingerprint density at radius 3 is 2.58 bits per heavy atom. The van der Waals surface area contributed by atoms with E-state index in [1.54, 1.807) is 30.3 Å². The summed E-state index contributed by atoms with van der Waals surface area (Å²) in [5.74, 6) is 0.213. The molecule has 7 nitrogen and oxygen atoms in total. The normalized spacial score (nSPS) is 19.8. The molecule has 1 atom stereocenters. The number of carbonyl (C=O) groups excluding carboxylic acids is 2. The van der Waals surface area contributed by atoms with Crippen LogP contribution in [0.3, 0.4) is 0 Å². The van der Waals surface area contributed by atoms with Crippen molar-refractivity contribution in [1.82, 2.24) is 9.88 Å². The molecule has 0 bridgehead atoms. The quantitative estimate of drug-likeness (QED) is 0.272. The number of likely N-dealkylation sites (tertiary alicyclic amines) is 1. The third-order valence-corrected chi connectivity index (χ3v) is 11.5. The molecular weight excluding hydrogens is 582 g/mol. The van der Waals surface area contributed by atoms with Gasteiger partial charge in [0.25, 0.3) is 11.8 Å². The van der Waals surface area contributed by atoms with E-state index in [1.165, 1.54) is 31.7 Å². The van der Waals surface area contributed by atoms with E-state index in [0.717, 1.165) is 48.5 Å². The van der Waals surface area contributed by atoms with Crippen molar-refractivity contribution in [1.29, 1.82) is 0 Å². The van der Waals surface area contributed by atoms with Gasteiger partial charge >= 0.3 is 0 Å². The fourth-order valence-corrected chi connectivity index (χ4v) is 9.00. The summed E-state index contributed by atoms with van der Waals surface area (Å²) in [6.07, 6.45) is 10.0. The van der Waals surface area contributed by atoms with Crippen molar-refractivity contribution >= 4 is 50.6 Å². The Kier molecular flexibility index (Phi) is 8.03. The number of anilines is 1. The Labute approximate surface area is 258 Å². The fourth-order valence-electron chi connectivity index (χ4n) is 7.13. The first-order valence-electron chi connectivity index (χ1n) is 15.2. The van der Waals surface area contributed by atoms with E-state index in [1.807, 2.05) is 26.8 Å². The lowest BCUT2D eigenvalue weighted by molar-refractivity contribution is -0.110. The smallest absolute Gasteiger partial charge is 0.256 e. The average molecular weight is 620 g/mol. The van der Waals surface area contributed by atoms with Gasteiger partial charge in [-0.2, -0.15) is 0 Å². The van der Waals surface area contributed by atoms with Gasteiger partial charge in [-0.05, 0) is 93.0 Å². The number of aryl methyl sites for hydroxylation is 2. The SMILES string of the molecule is Cc1cccc(Cl)c1CS(=O)(=O)c1ccc2c(c1)/C(=C/c1[nH]c(C)c(C(=O)N3CCC[C@@H]3CC3CCCC3)c1C)C(=O)N2. The highest BCUT2D eigenvalue weighted by Gasteiger charge is 2.34. The van der Waals surface area contributed by atoms with Crippen molar-refractivity contribution in [3.63, 3.8) is 0 Å². The van der Waals surface area contributed by atoms with E-state index >= 15 is 0 Å². The van der Waals surface area contributed by atoms with Crippen LogP contribution in [0, 0.1) is 26.7 Å². The fraction of sp³-hybridized carbons (Fsp3) is 0.412. The largest absolute Gasteiger partial charge is 0.358 e. The molecule has 2 aromatic carbocycles. The van der Waals surface area contributed by atoms with Crippen LogP contribution in [-0.2, 0) is 20.4 Å². The van der Waals surface area contributed by atoms with Crippen molar-refractivity contribution in [2.75, 3.05) is 11.9 Å². The Bertz CT molecular complexity index is 1730. The number of carbonyl (C=O) groups is 2. The molecule has 2 aliphatic heterocycles. The highest BCUT2D eigenvalue weighted by molar-refractivity contribution is 7.90. The van der Waals surface area contributed by atoms with E-state index in [2.05, 4.69) is 15.2 Å². The summed E-state index contributed by atoms with van der Waals surface area (Å²) in [6, 6.07) is 10.3. The first-order chi connectivity index (χ1) is 20.5. The van der Waals surface area contributed by atoms with Gasteiger partial charge in [-0.15, -0.1) is 0 Å². The van der Waals surface area contributed by atoms with E-state index in [-0.39, 0.29) is 28.5 Å². The molecule has 3 aromatic rings. The number of nitrogens with zero attached hydrogens (tertiary/aromatic N) is 1. The number of H-pyrrole nitrogens is 1. The minimum absolute atomic E-state index is 0.0518. The highest BCUT2D eigenvalue weighted by atomic mass is 35.5. The van der Waals surface area contributed by atoms with Gasteiger partial charge in [0, 0.05) is 40.2 Å². The van der Waals surface area contributed by atoms with Crippen LogP contribution < -0.4 is 5.32 Å². The zero-order valence-electron chi connectivity index (χ0n) is 24.9. The van der Waals surface area contributed by atoms with Crippen LogP contribution in [0.2, 0.25) is 5.02 Å². The molecule has 2 N–H and O–H groups in total. The highest BCUT2D eigenvalue weighted by Crippen LogP contribution is 2.38. The second-order valence-corrected chi connectivity index (χ2v) is 14.8. The van der Waals surface area contributed by atoms with Crippen LogP contribution in [0.1, 0.15) is 88.9 Å². The molecule has 1 saturated carbocycles. The molecule has 1 saturated heterocycles. The number of nitrogens with one attached hydrogen (secondary N) is 2. The molecular formula is C34H38ClN3O4S. The number of aromatic nitrogens is 1. The lowest BCUT2D eigenvalue weighted by Gasteiger charge is -2.27. The molecule has 3 aliphatic rings. The predicted octanol–water partition coefficient (Wildman–Crippen LogP) is 7.24. The molecule has 6 rings (SSSR count). The molecule has 1 aromatic heterocycles. The van der Waals surface area contributed by atoms with Gasteiger partial charge in [0.15, 0.2) is 9.84 Å². The van der Waals surface area contributed by atoms with Crippen molar-refractivity contribution < 1.29 is 18.0 Å². The molecule has 43 heavy (non-hydrogen) atoms. The maximum Gasteiger partial charge on any atom is 0.256 e. The summed E-state index contributed by atoms with van der Waals surface area (Å²) in [6.45, 7) is 6.42. The number of benzene rings is 2. The summed E-state index contributed by atoms with van der Waals surface area (Å²) in [5, 5.41) is 3.26. The summed E-state index contributed by atoms with van der Waals surface area (Å²) in [5.41, 5.74) is 5.67. The van der Waals surface area contributed by atoms with Crippen LogP contribution in [0.25, 0.3) is 11.6 Å². The maximum absolute atomic E-state index is 13.9. The molecule has 3 heterocycles. The van der Waals surface area contributed by atoms with Gasteiger partial charge in [0.1, 0.15) is 0 Å². The second kappa shape index (κ2) is 11.6. The molecule has 2 fully saturated rings. The van der Waals surface area contributed by atoms with Gasteiger partial charge < -0.3 is 15.2 Å². The van der Waals surface area contributed by atoms with E-state index in [0.29, 0.717) is 38.7 Å². The third-order valence-electron chi connectivity index (χ3n) is 9.52. The number of aromatic amines is 1. The van der Waals surface area contributed by atoms with Crippen LogP contribution in [0.4, 0.5) is 5.69 Å². The summed E-state index contributed by atoms with van der Waals surface area (Å²) >= 11 is 6.33. The zero-order chi connectivity index (χ0) is 30.5. The molecule has 226 valence electrons. The number of rotatable bonds is 7. The van der Waals surface area contributed by atoms with Crippen LogP contribution in [0.15, 0.2) is 41.3 Å². The summed E-state index contributed by atoms with van der Waals surface area (Å²) in [4.78, 5) is 32.5. The number of hydrogen-bond donors (Lipinski definition) is 2. The number of hydrogen-bond acceptors (Lipinski definition) is 4. The van der Waals surface area contributed by atoms with Gasteiger partial charge in [-0.25, -0.2) is 8.42 Å². The number of sulfone groups is 1. The lowest BCUT2D eigenvalue weighted by atomic mass is 9.96. The summed E-state index contributed by atoms with van der Waals surface area (Å²) < 4.78 is 26.9. The van der Waals surface area contributed by atoms with Gasteiger partial charge in [-0.3, -0.25) is 9.59 Å². The van der Waals surface area contributed by atoms with E-state index in [9.17, 15) is 18.0 Å². The molecule has 0 spiro atoms. The van der Waals surface area contributed by atoms with Crippen molar-refractivity contribution in [3.05, 3.63) is 80.6 Å². The molecule has 1 aliphatic carbocycles. The standard InChI is InChI=1S/C34H38ClN3O4S/c1-20-8-6-12-29(35)28(20)19-43(41,42)25-13-14-30-26(17-25)27(33(39)37-30)18-31-21(2)32(22(3)36-31)34(40)38-15-7-11-24(38)16-23-9-4-5-10-23/h6,8,12-14,17-18,23-24,36H,4-5,7,9-11,15-16,19H2,1-3H3,(H,37,39)/b27-18-/t24-/m1/s1. The number of amides is 2. The first kappa shape index (κ1) is 29.7. The Morgan fingerprint density at radius 1 is 1.07 bits per heavy atom. The maximum atomic E-state index is 13.9. The number of fused-ring (bicyclic) bond motifs is 1. The molecule has 2 amide bonds. The van der Waals surface area contributed by atoms with Gasteiger partial charge in [-0.1, -0.05) is 49.4 Å². The monoisotopic (exact) mass is 619 g/mol. The Balaban J connectivity index is 1.29. The third kappa shape index (κ3) is 5.67. The Morgan fingerprint density at radius 2 is 1.84 bits per heavy atom. The molecule has 0 radical (unpaired) electrons. The lowest BCUT2D eigenvalue weighted by Crippen LogP contribution is -2.37. The topological polar surface area (TPSA) is 99.3 Å². The van der Waals surface area contributed by atoms with Crippen LogP contribution in [0.5, 0.6) is 0 Å². The van der Waals surface area contributed by atoms with Crippen molar-refractivity contribution in [2.45, 2.75) is 82.4 Å². The molecule has 9 heteroatoms. The second-order valence-electron chi connectivity index (χ2n) is 12.4. The number of halogens is 1. The van der Waals surface area contributed by atoms with Gasteiger partial charge in [0.2, 0.25) is 0 Å². The van der Waals surface area contributed by atoms with Crippen LogP contribution >= 0.6 is 11.6 Å².